The van der Waals surface area contributed by atoms with E-state index < -0.39 is 22.2 Å². The maximum absolute atomic E-state index is 12.7. The van der Waals surface area contributed by atoms with E-state index in [4.69, 9.17) is 4.74 Å². The summed E-state index contributed by atoms with van der Waals surface area (Å²) in [7, 11) is 0. The third-order valence-electron chi connectivity index (χ3n) is 6.83. The van der Waals surface area contributed by atoms with Gasteiger partial charge in [0.15, 0.2) is 0 Å². The highest BCUT2D eigenvalue weighted by Gasteiger charge is 2.58. The normalized spacial score (nSPS) is 17.6. The second-order valence-electron chi connectivity index (χ2n) is 12.2. The van der Waals surface area contributed by atoms with Gasteiger partial charge in [-0.3, -0.25) is 4.98 Å². The molecular formula is C29H42N2O4. The van der Waals surface area contributed by atoms with Crippen molar-refractivity contribution < 1.29 is 19.7 Å². The van der Waals surface area contributed by atoms with Gasteiger partial charge in [0.1, 0.15) is 11.2 Å². The van der Waals surface area contributed by atoms with Crippen LogP contribution in [0.15, 0.2) is 42.6 Å². The second kappa shape index (κ2) is 9.55. The molecule has 1 aromatic carbocycles. The van der Waals surface area contributed by atoms with Crippen LogP contribution in [-0.4, -0.2) is 50.5 Å². The molecule has 0 bridgehead atoms. The molecule has 192 valence electrons. The zero-order valence-electron chi connectivity index (χ0n) is 22.6. The fourth-order valence-corrected chi connectivity index (χ4v) is 4.73. The molecule has 2 aromatic rings. The molecule has 0 radical (unpaired) electrons. The molecule has 1 amide bonds. The van der Waals surface area contributed by atoms with Crippen LogP contribution in [0.4, 0.5) is 4.79 Å². The maximum Gasteiger partial charge on any atom is 0.410 e. The molecule has 1 saturated heterocycles. The van der Waals surface area contributed by atoms with Gasteiger partial charge in [0, 0.05) is 30.4 Å². The Balaban J connectivity index is 1.99. The van der Waals surface area contributed by atoms with E-state index in [0.29, 0.717) is 31.8 Å². The van der Waals surface area contributed by atoms with Crippen LogP contribution < -0.4 is 0 Å². The number of aliphatic hydroxyl groups is 2. The summed E-state index contributed by atoms with van der Waals surface area (Å²) in [5, 5.41) is 22.7. The maximum atomic E-state index is 12.7. The Kier molecular flexibility index (Phi) is 7.41. The number of aromatic nitrogens is 1. The molecule has 1 aromatic heterocycles. The number of aryl methyl sites for hydroxylation is 1. The Labute approximate surface area is 210 Å². The summed E-state index contributed by atoms with van der Waals surface area (Å²) in [4.78, 5) is 18.8. The van der Waals surface area contributed by atoms with Crippen molar-refractivity contribution in [3.8, 4) is 0 Å². The number of likely N-dealkylation sites (tertiary alicyclic amines) is 1. The lowest BCUT2D eigenvalue weighted by Crippen LogP contribution is -2.66. The molecule has 2 N–H and O–H groups in total. The Morgan fingerprint density at radius 1 is 1.06 bits per heavy atom. The van der Waals surface area contributed by atoms with Crippen LogP contribution in [0.25, 0.3) is 0 Å². The number of pyridine rings is 1. The lowest BCUT2D eigenvalue weighted by Gasteiger charge is -2.56. The molecular weight excluding hydrogens is 440 g/mol. The van der Waals surface area contributed by atoms with E-state index in [2.05, 4.69) is 31.0 Å². The molecule has 1 aliphatic rings. The van der Waals surface area contributed by atoms with Gasteiger partial charge in [0.05, 0.1) is 5.60 Å². The van der Waals surface area contributed by atoms with Crippen molar-refractivity contribution in [1.82, 2.24) is 9.88 Å². The quantitative estimate of drug-likeness (QED) is 0.552. The van der Waals surface area contributed by atoms with Gasteiger partial charge in [0.25, 0.3) is 0 Å². The molecule has 1 aliphatic heterocycles. The van der Waals surface area contributed by atoms with Crippen molar-refractivity contribution in [2.45, 2.75) is 91.0 Å². The molecule has 2 heterocycles. The van der Waals surface area contributed by atoms with E-state index in [1.807, 2.05) is 52.0 Å². The summed E-state index contributed by atoms with van der Waals surface area (Å²) in [6, 6.07) is 11.9. The zero-order chi connectivity index (χ0) is 26.2. The third kappa shape index (κ3) is 6.04. The van der Waals surface area contributed by atoms with Crippen molar-refractivity contribution in [3.63, 3.8) is 0 Å². The molecule has 6 nitrogen and oxygen atoms in total. The average Bonchev–Trinajstić information content (AvgIpc) is 2.73. The van der Waals surface area contributed by atoms with Gasteiger partial charge in [-0.15, -0.1) is 0 Å². The first-order valence-electron chi connectivity index (χ1n) is 12.5. The zero-order valence-corrected chi connectivity index (χ0v) is 22.6. The van der Waals surface area contributed by atoms with Gasteiger partial charge < -0.3 is 19.8 Å². The van der Waals surface area contributed by atoms with Gasteiger partial charge in [-0.1, -0.05) is 45.0 Å². The number of ether oxygens (including phenoxy) is 1. The molecule has 1 atom stereocenters. The van der Waals surface area contributed by atoms with Gasteiger partial charge >= 0.3 is 6.09 Å². The Bertz CT molecular complexity index is 1030. The monoisotopic (exact) mass is 482 g/mol. The molecule has 6 heteroatoms. The number of hydrogen-bond donors (Lipinski definition) is 2. The minimum absolute atomic E-state index is 0.367. The summed E-state index contributed by atoms with van der Waals surface area (Å²) in [5.41, 5.74) is 0.196. The minimum atomic E-state index is -1.34. The van der Waals surface area contributed by atoms with Crippen LogP contribution in [0, 0.1) is 5.41 Å². The number of carbonyl (C=O) groups excluding carboxylic acids is 1. The van der Waals surface area contributed by atoms with E-state index in [9.17, 15) is 15.0 Å². The van der Waals surface area contributed by atoms with Gasteiger partial charge in [-0.05, 0) is 82.2 Å². The summed E-state index contributed by atoms with van der Waals surface area (Å²) in [5.74, 6) is 0.383. The van der Waals surface area contributed by atoms with Crippen LogP contribution >= 0.6 is 0 Å². The summed E-state index contributed by atoms with van der Waals surface area (Å²) >= 11 is 0. The fraction of sp³-hybridized carbons (Fsp3) is 0.586. The first-order chi connectivity index (χ1) is 16.0. The Hall–Kier alpha value is -2.44. The SMILES string of the molecule is CC(C)c1ccc([C@](O)(c2ccnc(CCC(C)(C)O)c2)C2(C)CN(C(=O)OC(C)(C)C)C2)cc1. The average molecular weight is 483 g/mol. The van der Waals surface area contributed by atoms with Crippen molar-refractivity contribution >= 4 is 6.09 Å². The number of hydrogen-bond acceptors (Lipinski definition) is 5. The van der Waals surface area contributed by atoms with Crippen LogP contribution in [-0.2, 0) is 16.8 Å². The number of benzene rings is 1. The summed E-state index contributed by atoms with van der Waals surface area (Å²) in [6.07, 6.45) is 2.51. The first-order valence-corrected chi connectivity index (χ1v) is 12.5. The molecule has 1 fully saturated rings. The smallest absolute Gasteiger partial charge is 0.410 e. The van der Waals surface area contributed by atoms with Crippen LogP contribution in [0.1, 0.15) is 90.1 Å². The Morgan fingerprint density at radius 2 is 1.66 bits per heavy atom. The fourth-order valence-electron chi connectivity index (χ4n) is 4.73. The molecule has 0 unspecified atom stereocenters. The minimum Gasteiger partial charge on any atom is -0.444 e. The summed E-state index contributed by atoms with van der Waals surface area (Å²) in [6.45, 7) is 16.1. The van der Waals surface area contributed by atoms with E-state index in [1.165, 1.54) is 5.56 Å². The molecule has 0 spiro atoms. The second-order valence-corrected chi connectivity index (χ2v) is 12.2. The van der Waals surface area contributed by atoms with Crippen LogP contribution in [0.2, 0.25) is 0 Å². The number of nitrogens with zero attached hydrogens (tertiary/aromatic N) is 2. The predicted octanol–water partition coefficient (Wildman–Crippen LogP) is 5.40. The standard InChI is InChI=1S/C29H42N2O4/c1-20(2)21-9-11-22(12-10-21)29(34,23-14-16-30-24(17-23)13-15-27(6,7)33)28(8)18-31(19-28)25(32)35-26(3,4)5/h9-12,14,16-17,20,33-34H,13,15,18-19H2,1-8H3/t29-/m0/s1. The third-order valence-corrected chi connectivity index (χ3v) is 6.83. The highest BCUT2D eigenvalue weighted by molar-refractivity contribution is 5.70. The van der Waals surface area contributed by atoms with Crippen molar-refractivity contribution in [1.29, 1.82) is 0 Å². The number of carbonyl (C=O) groups is 1. The largest absolute Gasteiger partial charge is 0.444 e. The predicted molar refractivity (Wildman–Crippen MR) is 138 cm³/mol. The summed E-state index contributed by atoms with van der Waals surface area (Å²) < 4.78 is 5.56. The van der Waals surface area contributed by atoms with Crippen molar-refractivity contribution in [2.75, 3.05) is 13.1 Å². The Morgan fingerprint density at radius 3 is 2.17 bits per heavy atom. The lowest BCUT2D eigenvalue weighted by atomic mass is 9.62. The molecule has 0 aliphatic carbocycles. The molecule has 3 rings (SSSR count). The van der Waals surface area contributed by atoms with Crippen molar-refractivity contribution in [3.05, 3.63) is 65.0 Å². The van der Waals surface area contributed by atoms with E-state index in [1.54, 1.807) is 24.9 Å². The van der Waals surface area contributed by atoms with Crippen molar-refractivity contribution in [2.24, 2.45) is 5.41 Å². The lowest BCUT2D eigenvalue weighted by molar-refractivity contribution is -0.131. The number of amides is 1. The highest BCUT2D eigenvalue weighted by Crippen LogP contribution is 2.51. The van der Waals surface area contributed by atoms with E-state index >= 15 is 0 Å². The topological polar surface area (TPSA) is 82.9 Å². The van der Waals surface area contributed by atoms with E-state index in [-0.39, 0.29) is 6.09 Å². The highest BCUT2D eigenvalue weighted by atomic mass is 16.6. The molecule has 0 saturated carbocycles. The van der Waals surface area contributed by atoms with E-state index in [0.717, 1.165) is 16.8 Å². The number of rotatable bonds is 7. The van der Waals surface area contributed by atoms with Gasteiger partial charge in [0.2, 0.25) is 0 Å². The van der Waals surface area contributed by atoms with Gasteiger partial charge in [-0.25, -0.2) is 4.79 Å². The van der Waals surface area contributed by atoms with Crippen LogP contribution in [0.5, 0.6) is 0 Å². The molecule has 35 heavy (non-hydrogen) atoms. The first kappa shape index (κ1) is 27.2. The van der Waals surface area contributed by atoms with Crippen LogP contribution in [0.3, 0.4) is 0 Å². The van der Waals surface area contributed by atoms with Gasteiger partial charge in [-0.2, -0.15) is 0 Å².